The second-order valence-corrected chi connectivity index (χ2v) is 10.3. The molecule has 1 amide bonds. The lowest BCUT2D eigenvalue weighted by Gasteiger charge is -2.30. The quantitative estimate of drug-likeness (QED) is 0.239. The Hall–Kier alpha value is -4.07. The summed E-state index contributed by atoms with van der Waals surface area (Å²) in [5.41, 5.74) is 5.37. The van der Waals surface area contributed by atoms with E-state index in [0.717, 1.165) is 59.5 Å². The molecule has 7 nitrogen and oxygen atoms in total. The monoisotopic (exact) mass is 524 g/mol. The average molecular weight is 525 g/mol. The number of hydrogen-bond donors (Lipinski definition) is 3. The van der Waals surface area contributed by atoms with Crippen molar-refractivity contribution in [2.75, 3.05) is 30.8 Å². The van der Waals surface area contributed by atoms with E-state index in [0.29, 0.717) is 22.4 Å². The van der Waals surface area contributed by atoms with Gasteiger partial charge in [0.15, 0.2) is 0 Å². The van der Waals surface area contributed by atoms with E-state index in [1.807, 2.05) is 66.9 Å². The number of aromatic nitrogens is 3. The lowest BCUT2D eigenvalue weighted by atomic mass is 10.0. The molecule has 2 aromatic heterocycles. The second-order valence-electron chi connectivity index (χ2n) is 9.86. The first-order valence-corrected chi connectivity index (χ1v) is 13.2. The molecule has 5 aromatic rings. The molecule has 0 radical (unpaired) electrons. The van der Waals surface area contributed by atoms with Gasteiger partial charge >= 0.3 is 0 Å². The van der Waals surface area contributed by atoms with Crippen molar-refractivity contribution in [2.45, 2.75) is 18.9 Å². The van der Waals surface area contributed by atoms with Gasteiger partial charge in [-0.15, -0.1) is 0 Å². The number of fused-ring (bicyclic) bond motifs is 1. The van der Waals surface area contributed by atoms with E-state index in [-0.39, 0.29) is 5.91 Å². The fourth-order valence-corrected chi connectivity index (χ4v) is 5.16. The summed E-state index contributed by atoms with van der Waals surface area (Å²) in [7, 11) is 2.16. The molecule has 6 rings (SSSR count). The van der Waals surface area contributed by atoms with Crippen LogP contribution < -0.4 is 10.6 Å². The van der Waals surface area contributed by atoms with Gasteiger partial charge in [0.25, 0.3) is 5.91 Å². The standard InChI is InChI=1S/C30H29ClN6O/c1-36-14-12-25(13-15-36)32-24-9-7-21(8-10-24)30(38)33-29-19-27(34-35-29)22-6-5-20-11-16-37(28(20)17-22)26-4-2-3-23(31)18-26/h2-11,16-19,25,32H,12-15H2,1H3,(H2,33,34,35,38). The third-order valence-corrected chi connectivity index (χ3v) is 7.37. The van der Waals surface area contributed by atoms with Crippen LogP contribution in [0, 0.1) is 0 Å². The zero-order valence-electron chi connectivity index (χ0n) is 21.1. The number of piperidine rings is 1. The fraction of sp³-hybridized carbons (Fsp3) is 0.200. The van der Waals surface area contributed by atoms with Gasteiger partial charge in [-0.1, -0.05) is 29.8 Å². The topological polar surface area (TPSA) is 78.0 Å². The summed E-state index contributed by atoms with van der Waals surface area (Å²) in [6.07, 6.45) is 4.28. The van der Waals surface area contributed by atoms with E-state index in [4.69, 9.17) is 11.6 Å². The number of rotatable bonds is 6. The van der Waals surface area contributed by atoms with Gasteiger partial charge in [0.05, 0.1) is 11.2 Å². The largest absolute Gasteiger partial charge is 0.382 e. The van der Waals surface area contributed by atoms with Gasteiger partial charge in [-0.05, 0) is 93.0 Å². The molecule has 0 bridgehead atoms. The van der Waals surface area contributed by atoms with Crippen LogP contribution in [0.5, 0.6) is 0 Å². The number of nitrogens with zero attached hydrogens (tertiary/aromatic N) is 3. The molecule has 3 aromatic carbocycles. The third-order valence-electron chi connectivity index (χ3n) is 7.14. The van der Waals surface area contributed by atoms with Gasteiger partial charge in [0.1, 0.15) is 5.82 Å². The molecule has 1 fully saturated rings. The summed E-state index contributed by atoms with van der Waals surface area (Å²) in [5, 5.41) is 15.7. The fourth-order valence-electron chi connectivity index (χ4n) is 4.97. The van der Waals surface area contributed by atoms with Crippen LogP contribution >= 0.6 is 11.6 Å². The molecule has 3 heterocycles. The lowest BCUT2D eigenvalue weighted by molar-refractivity contribution is 0.102. The second kappa shape index (κ2) is 10.4. The van der Waals surface area contributed by atoms with Crippen molar-refractivity contribution < 1.29 is 4.79 Å². The molecule has 1 aliphatic rings. The van der Waals surface area contributed by atoms with Gasteiger partial charge in [0.2, 0.25) is 0 Å². The van der Waals surface area contributed by atoms with Crippen LogP contribution in [0.25, 0.3) is 27.8 Å². The molecule has 0 unspecified atom stereocenters. The zero-order valence-corrected chi connectivity index (χ0v) is 21.9. The Bertz CT molecular complexity index is 1580. The summed E-state index contributed by atoms with van der Waals surface area (Å²) in [6, 6.07) is 26.0. The highest BCUT2D eigenvalue weighted by molar-refractivity contribution is 6.30. The molecule has 0 spiro atoms. The van der Waals surface area contributed by atoms with Crippen LogP contribution in [-0.4, -0.2) is 51.8 Å². The van der Waals surface area contributed by atoms with Crippen LogP contribution in [0.2, 0.25) is 5.02 Å². The first-order valence-electron chi connectivity index (χ1n) is 12.8. The van der Waals surface area contributed by atoms with E-state index in [2.05, 4.69) is 55.5 Å². The number of carbonyl (C=O) groups is 1. The Morgan fingerprint density at radius 3 is 2.61 bits per heavy atom. The molecule has 1 aliphatic heterocycles. The highest BCUT2D eigenvalue weighted by Crippen LogP contribution is 2.28. The first kappa shape index (κ1) is 24.3. The van der Waals surface area contributed by atoms with Gasteiger partial charge in [-0.3, -0.25) is 9.89 Å². The van der Waals surface area contributed by atoms with Crippen LogP contribution in [0.15, 0.2) is 85.1 Å². The predicted octanol–water partition coefficient (Wildman–Crippen LogP) is 6.43. The van der Waals surface area contributed by atoms with Crippen molar-refractivity contribution in [3.05, 3.63) is 95.6 Å². The normalized spacial score (nSPS) is 14.6. The Kier molecular flexibility index (Phi) is 6.62. The number of benzene rings is 3. The molecule has 1 saturated heterocycles. The minimum atomic E-state index is -0.184. The number of likely N-dealkylation sites (tertiary alicyclic amines) is 1. The smallest absolute Gasteiger partial charge is 0.256 e. The van der Waals surface area contributed by atoms with Crippen molar-refractivity contribution in [3.8, 4) is 16.9 Å². The van der Waals surface area contributed by atoms with Crippen molar-refractivity contribution in [2.24, 2.45) is 0 Å². The number of amides is 1. The highest BCUT2D eigenvalue weighted by Gasteiger charge is 2.17. The van der Waals surface area contributed by atoms with E-state index >= 15 is 0 Å². The van der Waals surface area contributed by atoms with Gasteiger partial charge in [-0.25, -0.2) is 0 Å². The van der Waals surface area contributed by atoms with Crippen molar-refractivity contribution in [1.82, 2.24) is 19.7 Å². The Morgan fingerprint density at radius 1 is 1.00 bits per heavy atom. The molecule has 8 heteroatoms. The van der Waals surface area contributed by atoms with Crippen molar-refractivity contribution >= 4 is 39.9 Å². The highest BCUT2D eigenvalue weighted by atomic mass is 35.5. The number of halogens is 1. The summed E-state index contributed by atoms with van der Waals surface area (Å²) in [4.78, 5) is 15.2. The Labute approximate surface area is 226 Å². The van der Waals surface area contributed by atoms with Crippen LogP contribution in [0.1, 0.15) is 23.2 Å². The summed E-state index contributed by atoms with van der Waals surface area (Å²) >= 11 is 6.21. The van der Waals surface area contributed by atoms with Gasteiger partial charge in [-0.2, -0.15) is 5.10 Å². The van der Waals surface area contributed by atoms with Crippen LogP contribution in [-0.2, 0) is 0 Å². The average Bonchev–Trinajstić information content (AvgIpc) is 3.57. The zero-order chi connectivity index (χ0) is 26.1. The Balaban J connectivity index is 1.14. The molecule has 0 aliphatic carbocycles. The summed E-state index contributed by atoms with van der Waals surface area (Å²) in [6.45, 7) is 2.21. The van der Waals surface area contributed by atoms with Crippen molar-refractivity contribution in [1.29, 1.82) is 0 Å². The number of H-pyrrole nitrogens is 1. The number of anilines is 2. The minimum Gasteiger partial charge on any atom is -0.382 e. The number of nitrogens with one attached hydrogen (secondary N) is 3. The molecular formula is C30H29ClN6O. The van der Waals surface area contributed by atoms with Gasteiger partial charge < -0.3 is 20.1 Å². The van der Waals surface area contributed by atoms with Crippen LogP contribution in [0.3, 0.4) is 0 Å². The Morgan fingerprint density at radius 2 is 1.82 bits per heavy atom. The maximum atomic E-state index is 12.9. The molecular weight excluding hydrogens is 496 g/mol. The minimum absolute atomic E-state index is 0.184. The first-order chi connectivity index (χ1) is 18.5. The molecule has 3 N–H and O–H groups in total. The summed E-state index contributed by atoms with van der Waals surface area (Å²) in [5.74, 6) is 0.361. The van der Waals surface area contributed by atoms with Gasteiger partial charge in [0, 0.05) is 45.8 Å². The molecule has 38 heavy (non-hydrogen) atoms. The number of carbonyl (C=O) groups excluding carboxylic acids is 1. The molecule has 192 valence electrons. The van der Waals surface area contributed by atoms with E-state index in [9.17, 15) is 4.79 Å². The van der Waals surface area contributed by atoms with E-state index in [1.54, 1.807) is 0 Å². The number of aromatic amines is 1. The number of hydrogen-bond acceptors (Lipinski definition) is 4. The molecule has 0 atom stereocenters. The lowest BCUT2D eigenvalue weighted by Crippen LogP contribution is -2.36. The maximum Gasteiger partial charge on any atom is 0.256 e. The summed E-state index contributed by atoms with van der Waals surface area (Å²) < 4.78 is 2.10. The van der Waals surface area contributed by atoms with Crippen LogP contribution in [0.4, 0.5) is 11.5 Å². The van der Waals surface area contributed by atoms with E-state index in [1.165, 1.54) is 0 Å². The third kappa shape index (κ3) is 5.16. The maximum absolute atomic E-state index is 12.9. The van der Waals surface area contributed by atoms with E-state index < -0.39 is 0 Å². The molecule has 0 saturated carbocycles. The van der Waals surface area contributed by atoms with Crippen molar-refractivity contribution in [3.63, 3.8) is 0 Å². The predicted molar refractivity (Wildman–Crippen MR) is 154 cm³/mol. The SMILES string of the molecule is CN1CCC(Nc2ccc(C(=O)Nc3cc(-c4ccc5ccn(-c6cccc(Cl)c6)c5c4)n[nH]3)cc2)CC1.